The Balaban J connectivity index is 2.06. The van der Waals surface area contributed by atoms with Crippen LogP contribution in [0.4, 0.5) is 19.2 Å². The van der Waals surface area contributed by atoms with Gasteiger partial charge in [-0.05, 0) is 24.3 Å². The van der Waals surface area contributed by atoms with Gasteiger partial charge in [0.25, 0.3) is 0 Å². The van der Waals surface area contributed by atoms with Gasteiger partial charge >= 0.3 is 12.2 Å². The fraction of sp³-hybridized carbons (Fsp3) is 0.286. The molecule has 0 saturated heterocycles. The lowest BCUT2D eigenvalue weighted by Gasteiger charge is -2.21. The standard InChI is InChI=1S/C14H12F3N3O3S/c1-2-24(21,22)13-18-6-3-7-20(13)12-19-10-8-9(14(15,16)17)4-5-11(10)23-12/h3-6,8H,2,7H2,1H3. The van der Waals surface area contributed by atoms with Crippen molar-refractivity contribution in [3.05, 3.63) is 36.0 Å². The minimum absolute atomic E-state index is 0.0115. The summed E-state index contributed by atoms with van der Waals surface area (Å²) in [7, 11) is -3.64. The van der Waals surface area contributed by atoms with Crippen molar-refractivity contribution >= 4 is 32.1 Å². The summed E-state index contributed by atoms with van der Waals surface area (Å²) in [6.45, 7) is 1.60. The first kappa shape index (κ1) is 16.5. The molecule has 128 valence electrons. The number of alkyl halides is 3. The number of anilines is 1. The van der Waals surface area contributed by atoms with Crippen LogP contribution in [0.15, 0.2) is 39.9 Å². The lowest BCUT2D eigenvalue weighted by Crippen LogP contribution is -2.39. The van der Waals surface area contributed by atoms with Crippen LogP contribution in [0.25, 0.3) is 11.1 Å². The molecule has 0 N–H and O–H groups in total. The minimum atomic E-state index is -4.50. The van der Waals surface area contributed by atoms with Crippen molar-refractivity contribution in [2.75, 3.05) is 17.2 Å². The molecule has 0 fully saturated rings. The number of aliphatic imine (C=N–C) groups is 1. The van der Waals surface area contributed by atoms with E-state index in [0.29, 0.717) is 0 Å². The van der Waals surface area contributed by atoms with Gasteiger partial charge in [0.05, 0.1) is 11.3 Å². The van der Waals surface area contributed by atoms with Crippen molar-refractivity contribution in [3.8, 4) is 0 Å². The molecule has 0 atom stereocenters. The van der Waals surface area contributed by atoms with E-state index in [1.807, 2.05) is 0 Å². The highest BCUT2D eigenvalue weighted by atomic mass is 32.2. The van der Waals surface area contributed by atoms with Crippen molar-refractivity contribution in [3.63, 3.8) is 0 Å². The number of hydrogen-bond acceptors (Lipinski definition) is 6. The molecule has 1 aromatic carbocycles. The smallest absolute Gasteiger partial charge is 0.416 e. The average molecular weight is 359 g/mol. The number of aromatic nitrogens is 1. The van der Waals surface area contributed by atoms with Crippen LogP contribution in [0, 0.1) is 0 Å². The SMILES string of the molecule is CCS(=O)(=O)C1=NC=CCN1c1nc2cc(C(F)(F)F)ccc2o1. The predicted octanol–water partition coefficient (Wildman–Crippen LogP) is 2.97. The molecule has 0 amide bonds. The van der Waals surface area contributed by atoms with Gasteiger partial charge in [0.1, 0.15) is 5.52 Å². The lowest BCUT2D eigenvalue weighted by molar-refractivity contribution is -0.137. The van der Waals surface area contributed by atoms with Crippen LogP contribution in [-0.4, -0.2) is 30.9 Å². The van der Waals surface area contributed by atoms with Crippen LogP contribution in [0.2, 0.25) is 0 Å². The maximum Gasteiger partial charge on any atom is 0.416 e. The minimum Gasteiger partial charge on any atom is -0.423 e. The van der Waals surface area contributed by atoms with Gasteiger partial charge in [0, 0.05) is 12.7 Å². The van der Waals surface area contributed by atoms with E-state index in [0.717, 1.165) is 18.2 Å². The van der Waals surface area contributed by atoms with Crippen molar-refractivity contribution in [1.29, 1.82) is 0 Å². The van der Waals surface area contributed by atoms with Crippen molar-refractivity contribution in [2.24, 2.45) is 4.99 Å². The largest absolute Gasteiger partial charge is 0.423 e. The van der Waals surface area contributed by atoms with Crippen LogP contribution >= 0.6 is 0 Å². The Labute approximate surface area is 135 Å². The summed E-state index contributed by atoms with van der Waals surface area (Å²) >= 11 is 0. The second-order valence-electron chi connectivity index (χ2n) is 4.99. The Kier molecular flexibility index (Phi) is 3.86. The number of oxazole rings is 1. The first-order valence-corrected chi connectivity index (χ1v) is 8.58. The number of nitrogens with zero attached hydrogens (tertiary/aromatic N) is 3. The number of halogens is 3. The highest BCUT2D eigenvalue weighted by Crippen LogP contribution is 2.32. The molecule has 0 bridgehead atoms. The van der Waals surface area contributed by atoms with E-state index in [1.165, 1.54) is 18.0 Å². The van der Waals surface area contributed by atoms with Crippen LogP contribution in [0.3, 0.4) is 0 Å². The molecule has 1 aliphatic rings. The molecule has 0 spiro atoms. The number of amidine groups is 1. The zero-order valence-electron chi connectivity index (χ0n) is 12.4. The molecule has 0 saturated carbocycles. The maximum absolute atomic E-state index is 12.8. The van der Waals surface area contributed by atoms with E-state index >= 15 is 0 Å². The fourth-order valence-corrected chi connectivity index (χ4v) is 3.13. The number of benzene rings is 1. The fourth-order valence-electron chi connectivity index (χ4n) is 2.16. The highest BCUT2D eigenvalue weighted by molar-refractivity contribution is 8.06. The monoisotopic (exact) mass is 359 g/mol. The second kappa shape index (κ2) is 5.62. The van der Waals surface area contributed by atoms with Crippen molar-refractivity contribution in [1.82, 2.24) is 4.98 Å². The Hall–Kier alpha value is -2.36. The van der Waals surface area contributed by atoms with Gasteiger partial charge in [-0.2, -0.15) is 18.2 Å². The number of rotatable bonds is 2. The quantitative estimate of drug-likeness (QED) is 0.824. The summed E-state index contributed by atoms with van der Waals surface area (Å²) in [5.74, 6) is -0.172. The van der Waals surface area contributed by atoms with Gasteiger partial charge in [-0.25, -0.2) is 13.4 Å². The summed E-state index contributed by atoms with van der Waals surface area (Å²) in [4.78, 5) is 9.05. The van der Waals surface area contributed by atoms with Crippen LogP contribution < -0.4 is 4.90 Å². The van der Waals surface area contributed by atoms with Crippen molar-refractivity contribution < 1.29 is 26.0 Å². The van der Waals surface area contributed by atoms with E-state index < -0.39 is 21.6 Å². The molecule has 10 heteroatoms. The zero-order chi connectivity index (χ0) is 17.5. The molecule has 24 heavy (non-hydrogen) atoms. The molecule has 0 aliphatic carbocycles. The molecule has 0 radical (unpaired) electrons. The Morgan fingerprint density at radius 1 is 1.33 bits per heavy atom. The molecular weight excluding hydrogens is 347 g/mol. The third-order valence-electron chi connectivity index (χ3n) is 3.40. The first-order chi connectivity index (χ1) is 11.2. The molecule has 6 nitrogen and oxygen atoms in total. The van der Waals surface area contributed by atoms with E-state index in [9.17, 15) is 21.6 Å². The zero-order valence-corrected chi connectivity index (χ0v) is 13.2. The Morgan fingerprint density at radius 2 is 2.08 bits per heavy atom. The predicted molar refractivity (Wildman–Crippen MR) is 82.4 cm³/mol. The van der Waals surface area contributed by atoms with Gasteiger partial charge < -0.3 is 4.42 Å². The molecule has 0 unspecified atom stereocenters. The van der Waals surface area contributed by atoms with Gasteiger partial charge in [0.15, 0.2) is 5.58 Å². The Bertz CT molecular complexity index is 945. The molecule has 1 aromatic heterocycles. The summed E-state index contributed by atoms with van der Waals surface area (Å²) in [6, 6.07) is 2.77. The normalized spacial score (nSPS) is 15.8. The van der Waals surface area contributed by atoms with Gasteiger partial charge in [-0.1, -0.05) is 6.92 Å². The summed E-state index contributed by atoms with van der Waals surface area (Å²) < 4.78 is 67.9. The summed E-state index contributed by atoms with van der Waals surface area (Å²) in [6.07, 6.45) is -1.56. The van der Waals surface area contributed by atoms with E-state index in [2.05, 4.69) is 9.98 Å². The van der Waals surface area contributed by atoms with E-state index in [1.54, 1.807) is 6.08 Å². The van der Waals surface area contributed by atoms with Crippen LogP contribution in [0.1, 0.15) is 12.5 Å². The third-order valence-corrected chi connectivity index (χ3v) is 5.04. The molecule has 2 heterocycles. The highest BCUT2D eigenvalue weighted by Gasteiger charge is 2.32. The van der Waals surface area contributed by atoms with Gasteiger partial charge in [-0.15, -0.1) is 0 Å². The number of fused-ring (bicyclic) bond motifs is 1. The summed E-state index contributed by atoms with van der Waals surface area (Å²) in [5, 5.41) is -0.241. The Morgan fingerprint density at radius 3 is 2.75 bits per heavy atom. The second-order valence-corrected chi connectivity index (χ2v) is 7.16. The third kappa shape index (κ3) is 2.88. The van der Waals surface area contributed by atoms with E-state index in [-0.39, 0.29) is 34.6 Å². The van der Waals surface area contributed by atoms with Crippen molar-refractivity contribution in [2.45, 2.75) is 13.1 Å². The van der Waals surface area contributed by atoms with Crippen LogP contribution in [-0.2, 0) is 16.0 Å². The first-order valence-electron chi connectivity index (χ1n) is 6.93. The van der Waals surface area contributed by atoms with Crippen LogP contribution in [0.5, 0.6) is 0 Å². The number of hydrogen-bond donors (Lipinski definition) is 0. The van der Waals surface area contributed by atoms with E-state index in [4.69, 9.17) is 4.42 Å². The maximum atomic E-state index is 12.8. The topological polar surface area (TPSA) is 75.8 Å². The average Bonchev–Trinajstić information content (AvgIpc) is 2.97. The summed E-state index contributed by atoms with van der Waals surface area (Å²) in [5.41, 5.74) is -0.744. The van der Waals surface area contributed by atoms with Gasteiger partial charge in [-0.3, -0.25) is 4.90 Å². The lowest BCUT2D eigenvalue weighted by atomic mass is 10.2. The van der Waals surface area contributed by atoms with Gasteiger partial charge in [0.2, 0.25) is 15.0 Å². The number of sulfone groups is 1. The molecular formula is C14H12F3N3O3S. The molecule has 3 rings (SSSR count). The molecule has 1 aliphatic heterocycles. The molecule has 2 aromatic rings.